The van der Waals surface area contributed by atoms with Crippen LogP contribution in [0.5, 0.6) is 0 Å². The Morgan fingerprint density at radius 1 is 0.464 bits per heavy atom. The van der Waals surface area contributed by atoms with E-state index in [2.05, 4.69) is 91.0 Å². The molecular weight excluding hydrogens is 339 g/mol. The van der Waals surface area contributed by atoms with Crippen LogP contribution in [0.25, 0.3) is 43.8 Å². The fourth-order valence-corrected chi connectivity index (χ4v) is 4.16. The normalized spacial score (nSPS) is 11.0. The molecule has 0 heterocycles. The summed E-state index contributed by atoms with van der Waals surface area (Å²) in [6.45, 7) is 0. The molecule has 28 heavy (non-hydrogen) atoms. The molecule has 1 nitrogen and oxygen atoms in total. The molecule has 0 atom stereocenters. The van der Waals surface area contributed by atoms with Crippen molar-refractivity contribution in [2.45, 2.75) is 0 Å². The van der Waals surface area contributed by atoms with Gasteiger partial charge in [0, 0.05) is 0 Å². The van der Waals surface area contributed by atoms with E-state index in [4.69, 9.17) is 0 Å². The van der Waals surface area contributed by atoms with Crippen LogP contribution < -0.4 is 5.46 Å². The summed E-state index contributed by atoms with van der Waals surface area (Å²) in [5.74, 6) is 0. The van der Waals surface area contributed by atoms with Crippen molar-refractivity contribution < 1.29 is 5.02 Å². The minimum atomic E-state index is 0.0394. The first kappa shape index (κ1) is 16.8. The van der Waals surface area contributed by atoms with Gasteiger partial charge in [-0.3, -0.25) is 0 Å². The van der Waals surface area contributed by atoms with Gasteiger partial charge in [0.15, 0.2) is 0 Å². The monoisotopic (exact) mass is 358 g/mol. The lowest BCUT2D eigenvalue weighted by Gasteiger charge is -2.18. The summed E-state index contributed by atoms with van der Waals surface area (Å²) < 4.78 is 0. The first-order chi connectivity index (χ1) is 13.9. The molecule has 1 N–H and O–H groups in total. The SMILES string of the molecule is OBc1ccc2c(-c3ccccc3)c3ccccc3c(-c3ccccc3)c2c1. The first-order valence-electron chi connectivity index (χ1n) is 9.56. The highest BCUT2D eigenvalue weighted by atomic mass is 16.2. The van der Waals surface area contributed by atoms with Crippen LogP contribution in [0, 0.1) is 0 Å². The molecule has 0 spiro atoms. The van der Waals surface area contributed by atoms with Gasteiger partial charge >= 0.3 is 7.48 Å². The molecule has 0 aliphatic heterocycles. The third-order valence-electron chi connectivity index (χ3n) is 5.40. The predicted molar refractivity (Wildman–Crippen MR) is 121 cm³/mol. The zero-order valence-corrected chi connectivity index (χ0v) is 15.5. The van der Waals surface area contributed by atoms with Gasteiger partial charge < -0.3 is 5.02 Å². The van der Waals surface area contributed by atoms with Crippen LogP contribution in [0.1, 0.15) is 0 Å². The molecule has 2 heteroatoms. The Morgan fingerprint density at radius 3 is 1.46 bits per heavy atom. The summed E-state index contributed by atoms with van der Waals surface area (Å²) in [4.78, 5) is 0. The Kier molecular flexibility index (Phi) is 4.19. The van der Waals surface area contributed by atoms with Crippen LogP contribution in [-0.2, 0) is 0 Å². The van der Waals surface area contributed by atoms with Gasteiger partial charge in [0.2, 0.25) is 0 Å². The van der Waals surface area contributed by atoms with E-state index in [1.54, 1.807) is 0 Å². The van der Waals surface area contributed by atoms with Crippen LogP contribution in [0.15, 0.2) is 103 Å². The van der Waals surface area contributed by atoms with Crippen LogP contribution in [0.3, 0.4) is 0 Å². The minimum Gasteiger partial charge on any atom is -0.449 e. The molecule has 5 aromatic rings. The quantitative estimate of drug-likeness (QED) is 0.343. The topological polar surface area (TPSA) is 20.2 Å². The molecular formula is C26H19BO. The molecule has 0 fully saturated rings. The molecule has 5 aromatic carbocycles. The lowest BCUT2D eigenvalue weighted by molar-refractivity contribution is 0.615. The van der Waals surface area contributed by atoms with Gasteiger partial charge in [0.05, 0.1) is 0 Å². The predicted octanol–water partition coefficient (Wildman–Crippen LogP) is 5.30. The second kappa shape index (κ2) is 6.99. The number of hydrogen-bond donors (Lipinski definition) is 1. The largest absolute Gasteiger partial charge is 0.449 e. The highest BCUT2D eigenvalue weighted by molar-refractivity contribution is 6.46. The fraction of sp³-hybridized carbons (Fsp3) is 0. The lowest BCUT2D eigenvalue weighted by Crippen LogP contribution is -2.12. The molecule has 0 radical (unpaired) electrons. The maximum absolute atomic E-state index is 9.76. The zero-order chi connectivity index (χ0) is 18.9. The van der Waals surface area contributed by atoms with E-state index < -0.39 is 0 Å². The van der Waals surface area contributed by atoms with Gasteiger partial charge in [-0.1, -0.05) is 109 Å². The Morgan fingerprint density at radius 2 is 0.929 bits per heavy atom. The number of rotatable bonds is 3. The van der Waals surface area contributed by atoms with Crippen molar-refractivity contribution in [3.05, 3.63) is 103 Å². The maximum atomic E-state index is 9.76. The molecule has 0 aliphatic carbocycles. The standard InChI is InChI=1S/C26H19BO/c28-27-20-15-16-23-24(17-20)26(19-11-5-2-6-12-19)22-14-8-7-13-21(22)25(23)18-9-3-1-4-10-18/h1-17,27-28H. The average molecular weight is 358 g/mol. The molecule has 132 valence electrons. The first-order valence-corrected chi connectivity index (χ1v) is 9.56. The Balaban J connectivity index is 2.02. The van der Waals surface area contributed by atoms with E-state index in [1.807, 2.05) is 12.1 Å². The van der Waals surface area contributed by atoms with Gasteiger partial charge in [-0.2, -0.15) is 0 Å². The highest BCUT2D eigenvalue weighted by Gasteiger charge is 2.16. The number of fused-ring (bicyclic) bond motifs is 2. The van der Waals surface area contributed by atoms with E-state index in [9.17, 15) is 5.02 Å². The Bertz CT molecular complexity index is 1280. The minimum absolute atomic E-state index is 0.0394. The van der Waals surface area contributed by atoms with Crippen molar-refractivity contribution in [2.75, 3.05) is 0 Å². The van der Waals surface area contributed by atoms with Crippen molar-refractivity contribution in [2.24, 2.45) is 0 Å². The van der Waals surface area contributed by atoms with Crippen LogP contribution in [0.4, 0.5) is 0 Å². The van der Waals surface area contributed by atoms with Gasteiger partial charge in [0.1, 0.15) is 0 Å². The molecule has 0 saturated heterocycles. The summed E-state index contributed by atoms with van der Waals surface area (Å²) in [5.41, 5.74) is 5.80. The number of benzene rings is 5. The van der Waals surface area contributed by atoms with Crippen molar-refractivity contribution in [1.29, 1.82) is 0 Å². The van der Waals surface area contributed by atoms with Crippen molar-refractivity contribution in [3.8, 4) is 22.3 Å². The molecule has 0 aliphatic rings. The fourth-order valence-electron chi connectivity index (χ4n) is 4.16. The number of hydrogen-bond acceptors (Lipinski definition) is 1. The Labute approximate surface area is 165 Å². The van der Waals surface area contributed by atoms with Gasteiger partial charge in [-0.15, -0.1) is 0 Å². The van der Waals surface area contributed by atoms with Crippen molar-refractivity contribution >= 4 is 34.5 Å². The molecule has 0 bridgehead atoms. The van der Waals surface area contributed by atoms with E-state index in [0.29, 0.717) is 0 Å². The van der Waals surface area contributed by atoms with E-state index in [-0.39, 0.29) is 7.48 Å². The van der Waals surface area contributed by atoms with E-state index >= 15 is 0 Å². The Hall–Kier alpha value is -3.36. The van der Waals surface area contributed by atoms with Crippen molar-refractivity contribution in [3.63, 3.8) is 0 Å². The van der Waals surface area contributed by atoms with Crippen LogP contribution in [0.2, 0.25) is 0 Å². The smallest absolute Gasteiger partial charge is 0.304 e. The van der Waals surface area contributed by atoms with Crippen molar-refractivity contribution in [1.82, 2.24) is 0 Å². The second-order valence-electron chi connectivity index (χ2n) is 7.07. The van der Waals surface area contributed by atoms with Crippen LogP contribution in [-0.4, -0.2) is 12.5 Å². The second-order valence-corrected chi connectivity index (χ2v) is 7.07. The van der Waals surface area contributed by atoms with E-state index in [0.717, 1.165) is 5.46 Å². The molecule has 0 amide bonds. The van der Waals surface area contributed by atoms with Gasteiger partial charge in [0.25, 0.3) is 0 Å². The molecule has 0 saturated carbocycles. The zero-order valence-electron chi connectivity index (χ0n) is 15.5. The van der Waals surface area contributed by atoms with Gasteiger partial charge in [-0.25, -0.2) is 0 Å². The third kappa shape index (κ3) is 2.70. The highest BCUT2D eigenvalue weighted by Crippen LogP contribution is 2.43. The van der Waals surface area contributed by atoms with Gasteiger partial charge in [-0.05, 0) is 43.8 Å². The maximum Gasteiger partial charge on any atom is 0.304 e. The van der Waals surface area contributed by atoms with Crippen LogP contribution >= 0.6 is 0 Å². The van der Waals surface area contributed by atoms with E-state index in [1.165, 1.54) is 43.8 Å². The molecule has 0 unspecified atom stereocenters. The third-order valence-corrected chi connectivity index (χ3v) is 5.40. The lowest BCUT2D eigenvalue weighted by atomic mass is 9.81. The molecule has 5 rings (SSSR count). The molecule has 0 aromatic heterocycles. The summed E-state index contributed by atoms with van der Waals surface area (Å²) in [6, 6.07) is 36.0. The summed E-state index contributed by atoms with van der Waals surface area (Å²) in [6.07, 6.45) is 0. The summed E-state index contributed by atoms with van der Waals surface area (Å²) in [5, 5.41) is 14.6. The average Bonchev–Trinajstić information content (AvgIpc) is 2.78. The summed E-state index contributed by atoms with van der Waals surface area (Å²) in [7, 11) is 0.0394. The summed E-state index contributed by atoms with van der Waals surface area (Å²) >= 11 is 0.